The molecule has 1 heterocycles. The van der Waals surface area contributed by atoms with Crippen molar-refractivity contribution < 1.29 is 5.11 Å². The summed E-state index contributed by atoms with van der Waals surface area (Å²) in [7, 11) is 0. The minimum absolute atomic E-state index is 0.332. The third-order valence-electron chi connectivity index (χ3n) is 2.27. The van der Waals surface area contributed by atoms with Crippen molar-refractivity contribution in [1.82, 2.24) is 10.2 Å². The smallest absolute Gasteiger partial charge is 0.149 e. The summed E-state index contributed by atoms with van der Waals surface area (Å²) in [6, 6.07) is 0. The Morgan fingerprint density at radius 2 is 2.45 bits per heavy atom. The molecule has 0 amide bonds. The third kappa shape index (κ3) is 0.758. The molecule has 0 saturated heterocycles. The number of anilines is 1. The lowest BCUT2D eigenvalue weighted by molar-refractivity contribution is 0.170. The van der Waals surface area contributed by atoms with Crippen molar-refractivity contribution >= 4 is 5.82 Å². The van der Waals surface area contributed by atoms with Gasteiger partial charge in [-0.3, -0.25) is 5.10 Å². The fourth-order valence-corrected chi connectivity index (χ4v) is 1.72. The minimum Gasteiger partial charge on any atom is -0.387 e. The molecule has 4 heteroatoms. The lowest BCUT2D eigenvalue weighted by atomic mass is 10.1. The zero-order chi connectivity index (χ0) is 8.01. The highest BCUT2D eigenvalue weighted by molar-refractivity contribution is 5.48. The Kier molecular flexibility index (Phi) is 1.20. The van der Waals surface area contributed by atoms with E-state index in [0.29, 0.717) is 11.7 Å². The van der Waals surface area contributed by atoms with Crippen LogP contribution in [0.3, 0.4) is 0 Å². The van der Waals surface area contributed by atoms with Gasteiger partial charge in [0.05, 0.1) is 11.8 Å². The average molecular weight is 153 g/mol. The number of hydrogen-bond acceptors (Lipinski definition) is 3. The van der Waals surface area contributed by atoms with E-state index in [2.05, 4.69) is 10.2 Å². The number of nitrogens with one attached hydrogen (secondary N) is 1. The molecule has 0 bridgehead atoms. The molecular weight excluding hydrogens is 142 g/mol. The predicted molar refractivity (Wildman–Crippen MR) is 41.0 cm³/mol. The highest BCUT2D eigenvalue weighted by atomic mass is 16.3. The van der Waals surface area contributed by atoms with Crippen LogP contribution in [0.5, 0.6) is 0 Å². The Labute approximate surface area is 64.4 Å². The summed E-state index contributed by atoms with van der Waals surface area (Å²) < 4.78 is 0. The van der Waals surface area contributed by atoms with E-state index < -0.39 is 6.10 Å². The van der Waals surface area contributed by atoms with Crippen molar-refractivity contribution in [2.24, 2.45) is 0 Å². The van der Waals surface area contributed by atoms with E-state index in [1.54, 1.807) is 0 Å². The molecule has 4 N–H and O–H groups in total. The molecule has 0 spiro atoms. The van der Waals surface area contributed by atoms with E-state index in [-0.39, 0.29) is 0 Å². The van der Waals surface area contributed by atoms with Crippen molar-refractivity contribution in [3.05, 3.63) is 11.3 Å². The van der Waals surface area contributed by atoms with Crippen LogP contribution in [0.2, 0.25) is 0 Å². The average Bonchev–Trinajstić information content (AvgIpc) is 2.41. The number of H-pyrrole nitrogens is 1. The number of aliphatic hydroxyl groups excluding tert-OH is 1. The molecule has 2 atom stereocenters. The molecule has 1 aliphatic carbocycles. The van der Waals surface area contributed by atoms with E-state index in [0.717, 1.165) is 17.7 Å². The van der Waals surface area contributed by atoms with Crippen LogP contribution in [0.25, 0.3) is 0 Å². The summed E-state index contributed by atoms with van der Waals surface area (Å²) in [5.41, 5.74) is 7.39. The summed E-state index contributed by atoms with van der Waals surface area (Å²) in [6.45, 7) is 2.04. The Morgan fingerprint density at radius 1 is 1.73 bits per heavy atom. The number of aromatic amines is 1. The van der Waals surface area contributed by atoms with Gasteiger partial charge in [0, 0.05) is 5.56 Å². The SMILES string of the molecule is C[C@@H]1C[C@H](O)c2[nH]nc(N)c21. The first-order valence-electron chi connectivity index (χ1n) is 3.72. The van der Waals surface area contributed by atoms with Gasteiger partial charge in [0.1, 0.15) is 5.82 Å². The highest BCUT2D eigenvalue weighted by Gasteiger charge is 2.30. The van der Waals surface area contributed by atoms with Gasteiger partial charge in [-0.15, -0.1) is 0 Å². The van der Waals surface area contributed by atoms with Crippen molar-refractivity contribution in [1.29, 1.82) is 0 Å². The number of aromatic nitrogens is 2. The normalized spacial score (nSPS) is 28.9. The van der Waals surface area contributed by atoms with Gasteiger partial charge in [-0.2, -0.15) is 5.10 Å². The van der Waals surface area contributed by atoms with Crippen LogP contribution in [-0.4, -0.2) is 15.3 Å². The van der Waals surface area contributed by atoms with E-state index in [1.807, 2.05) is 6.92 Å². The topological polar surface area (TPSA) is 74.9 Å². The van der Waals surface area contributed by atoms with Crippen molar-refractivity contribution in [2.45, 2.75) is 25.4 Å². The van der Waals surface area contributed by atoms with Crippen molar-refractivity contribution in [3.63, 3.8) is 0 Å². The molecule has 0 radical (unpaired) electrons. The van der Waals surface area contributed by atoms with Gasteiger partial charge in [0.25, 0.3) is 0 Å². The van der Waals surface area contributed by atoms with Crippen LogP contribution < -0.4 is 5.73 Å². The van der Waals surface area contributed by atoms with E-state index in [9.17, 15) is 5.11 Å². The molecular formula is C7H11N3O. The van der Waals surface area contributed by atoms with E-state index in [1.165, 1.54) is 0 Å². The minimum atomic E-state index is -0.398. The zero-order valence-electron chi connectivity index (χ0n) is 6.33. The fourth-order valence-electron chi connectivity index (χ4n) is 1.72. The van der Waals surface area contributed by atoms with Crippen LogP contribution in [0.1, 0.15) is 36.6 Å². The van der Waals surface area contributed by atoms with Gasteiger partial charge in [-0.05, 0) is 12.3 Å². The number of nitrogen functional groups attached to an aromatic ring is 1. The zero-order valence-corrected chi connectivity index (χ0v) is 6.33. The van der Waals surface area contributed by atoms with Crippen LogP contribution in [0.4, 0.5) is 5.82 Å². The van der Waals surface area contributed by atoms with Gasteiger partial charge in [0.15, 0.2) is 0 Å². The van der Waals surface area contributed by atoms with Gasteiger partial charge < -0.3 is 10.8 Å². The van der Waals surface area contributed by atoms with Crippen LogP contribution in [0.15, 0.2) is 0 Å². The lowest BCUT2D eigenvalue weighted by Gasteiger charge is -2.00. The Hall–Kier alpha value is -1.03. The number of rotatable bonds is 0. The molecule has 60 valence electrons. The summed E-state index contributed by atoms with van der Waals surface area (Å²) in [6.07, 6.45) is 0.359. The molecule has 0 unspecified atom stereocenters. The van der Waals surface area contributed by atoms with Gasteiger partial charge in [-0.1, -0.05) is 6.92 Å². The third-order valence-corrected chi connectivity index (χ3v) is 2.27. The molecule has 0 aliphatic heterocycles. The lowest BCUT2D eigenvalue weighted by Crippen LogP contribution is -1.94. The molecule has 2 rings (SSSR count). The second kappa shape index (κ2) is 1.98. The standard InChI is InChI=1S/C7H11N3O/c1-3-2-4(11)6-5(3)7(8)10-9-6/h3-4,11H,2H2,1H3,(H3,8,9,10)/t3-,4+/m1/s1. The van der Waals surface area contributed by atoms with Crippen molar-refractivity contribution in [2.75, 3.05) is 5.73 Å². The summed E-state index contributed by atoms with van der Waals surface area (Å²) in [5, 5.41) is 16.0. The Bertz CT molecular complexity index is 281. The van der Waals surface area contributed by atoms with Crippen molar-refractivity contribution in [3.8, 4) is 0 Å². The van der Waals surface area contributed by atoms with Crippen LogP contribution in [0, 0.1) is 0 Å². The monoisotopic (exact) mass is 153 g/mol. The predicted octanol–water partition coefficient (Wildman–Crippen LogP) is 0.533. The molecule has 0 saturated carbocycles. The molecule has 1 aliphatic rings. The van der Waals surface area contributed by atoms with E-state index in [4.69, 9.17) is 5.73 Å². The first-order chi connectivity index (χ1) is 5.20. The largest absolute Gasteiger partial charge is 0.387 e. The molecule has 1 aromatic rings. The highest BCUT2D eigenvalue weighted by Crippen LogP contribution is 2.41. The van der Waals surface area contributed by atoms with Crippen LogP contribution in [-0.2, 0) is 0 Å². The Balaban J connectivity index is 2.54. The number of hydrogen-bond donors (Lipinski definition) is 3. The van der Waals surface area contributed by atoms with E-state index >= 15 is 0 Å². The number of aliphatic hydroxyl groups is 1. The molecule has 1 aromatic heterocycles. The maximum Gasteiger partial charge on any atom is 0.149 e. The molecule has 11 heavy (non-hydrogen) atoms. The summed E-state index contributed by atoms with van der Waals surface area (Å²) in [4.78, 5) is 0. The second-order valence-corrected chi connectivity index (χ2v) is 3.09. The first-order valence-corrected chi connectivity index (χ1v) is 3.72. The number of fused-ring (bicyclic) bond motifs is 1. The molecule has 0 fully saturated rings. The molecule has 4 nitrogen and oxygen atoms in total. The molecule has 0 aromatic carbocycles. The summed E-state index contributed by atoms with van der Waals surface area (Å²) in [5.74, 6) is 0.864. The summed E-state index contributed by atoms with van der Waals surface area (Å²) >= 11 is 0. The van der Waals surface area contributed by atoms with Crippen LogP contribution >= 0.6 is 0 Å². The fraction of sp³-hybridized carbons (Fsp3) is 0.571. The number of nitrogens with two attached hydrogens (primary N) is 1. The maximum absolute atomic E-state index is 9.44. The maximum atomic E-state index is 9.44. The quantitative estimate of drug-likeness (QED) is 0.509. The van der Waals surface area contributed by atoms with Gasteiger partial charge in [0.2, 0.25) is 0 Å². The number of nitrogens with zero attached hydrogens (tertiary/aromatic N) is 1. The van der Waals surface area contributed by atoms with Gasteiger partial charge in [-0.25, -0.2) is 0 Å². The second-order valence-electron chi connectivity index (χ2n) is 3.09. The first kappa shape index (κ1) is 6.67. The van der Waals surface area contributed by atoms with Gasteiger partial charge >= 0.3 is 0 Å². The Morgan fingerprint density at radius 3 is 3.09 bits per heavy atom.